The van der Waals surface area contributed by atoms with Crippen molar-refractivity contribution in [2.45, 2.75) is 6.10 Å². The molecule has 0 saturated carbocycles. The molecule has 1 aromatic carbocycles. The molecular weight excluding hydrogens is 346 g/mol. The van der Waals surface area contributed by atoms with E-state index >= 15 is 0 Å². The van der Waals surface area contributed by atoms with E-state index in [1.165, 1.54) is 0 Å². The summed E-state index contributed by atoms with van der Waals surface area (Å²) in [7, 11) is 8.15. The first kappa shape index (κ1) is 17.4. The molecule has 1 heterocycles. The van der Waals surface area contributed by atoms with Crippen LogP contribution in [0.25, 0.3) is 12.2 Å². The van der Waals surface area contributed by atoms with Crippen molar-refractivity contribution >= 4 is 12.2 Å². The highest BCUT2D eigenvalue weighted by Gasteiger charge is 2.30. The second-order valence-electron chi connectivity index (χ2n) is 6.20. The van der Waals surface area contributed by atoms with Gasteiger partial charge in [0.05, 0.1) is 39.0 Å². The van der Waals surface area contributed by atoms with Gasteiger partial charge in [0.1, 0.15) is 6.10 Å². The van der Waals surface area contributed by atoms with Crippen molar-refractivity contribution in [2.75, 3.05) is 35.5 Å². The number of hydrogen-bond acceptors (Lipinski definition) is 6. The Hall–Kier alpha value is -2.99. The molecule has 2 aromatic rings. The second kappa shape index (κ2) is 6.63. The van der Waals surface area contributed by atoms with Gasteiger partial charge < -0.3 is 23.7 Å². The zero-order valence-electron chi connectivity index (χ0n) is 16.0. The van der Waals surface area contributed by atoms with E-state index in [4.69, 9.17) is 28.7 Å². The second-order valence-corrected chi connectivity index (χ2v) is 6.20. The van der Waals surface area contributed by atoms with Crippen LogP contribution >= 0.6 is 0 Å². The van der Waals surface area contributed by atoms with E-state index in [2.05, 4.69) is 6.08 Å². The monoisotopic (exact) mass is 367 g/mol. The van der Waals surface area contributed by atoms with Crippen LogP contribution in [-0.2, 0) is 14.2 Å². The predicted octanol–water partition coefficient (Wildman–Crippen LogP) is 1.51. The van der Waals surface area contributed by atoms with Crippen LogP contribution in [0.1, 0.15) is 17.2 Å². The Morgan fingerprint density at radius 1 is 0.852 bits per heavy atom. The molecule has 6 heteroatoms. The highest BCUT2D eigenvalue weighted by Crippen LogP contribution is 2.34. The Kier molecular flexibility index (Phi) is 4.28. The van der Waals surface area contributed by atoms with Gasteiger partial charge in [0.2, 0.25) is 0 Å². The van der Waals surface area contributed by atoms with Gasteiger partial charge in [0, 0.05) is 29.7 Å². The molecule has 0 N–H and O–H groups in total. The largest absolute Gasteiger partial charge is 0.494 e. The Labute approximate surface area is 156 Å². The fourth-order valence-corrected chi connectivity index (χ4v) is 3.84. The van der Waals surface area contributed by atoms with E-state index in [0.29, 0.717) is 23.0 Å². The van der Waals surface area contributed by atoms with Crippen LogP contribution in [0.2, 0.25) is 0 Å². The molecule has 140 valence electrons. The van der Waals surface area contributed by atoms with Gasteiger partial charge >= 0.3 is 0 Å². The summed E-state index contributed by atoms with van der Waals surface area (Å²) in [6.07, 6.45) is 5.46. The van der Waals surface area contributed by atoms with Crippen LogP contribution in [0.4, 0.5) is 0 Å². The number of pyridine rings is 1. The first-order valence-electron chi connectivity index (χ1n) is 8.51. The summed E-state index contributed by atoms with van der Waals surface area (Å²) < 4.78 is 27.9. The molecule has 0 fully saturated rings. The lowest BCUT2D eigenvalue weighted by Gasteiger charge is -2.25. The van der Waals surface area contributed by atoms with E-state index in [0.717, 1.165) is 32.1 Å². The quantitative estimate of drug-likeness (QED) is 0.681. The molecule has 0 radical (unpaired) electrons. The lowest BCUT2D eigenvalue weighted by atomic mass is 9.95. The van der Waals surface area contributed by atoms with Gasteiger partial charge in [-0.25, -0.2) is 0 Å². The van der Waals surface area contributed by atoms with Crippen molar-refractivity contribution in [1.29, 1.82) is 0 Å². The lowest BCUT2D eigenvalue weighted by molar-refractivity contribution is 0.0664. The number of nitrogens with zero attached hydrogens (tertiary/aromatic N) is 1. The van der Waals surface area contributed by atoms with Crippen molar-refractivity contribution in [3.63, 3.8) is 0 Å². The molecule has 2 aliphatic carbocycles. The lowest BCUT2D eigenvalue weighted by Crippen LogP contribution is -2.25. The van der Waals surface area contributed by atoms with Crippen molar-refractivity contribution in [1.82, 2.24) is 4.98 Å². The summed E-state index contributed by atoms with van der Waals surface area (Å²) in [5.41, 5.74) is 1.99. The van der Waals surface area contributed by atoms with Crippen LogP contribution in [0.3, 0.4) is 0 Å². The number of ether oxygens (including phenoxy) is 5. The number of aromatic nitrogens is 1. The molecule has 1 atom stereocenters. The minimum Gasteiger partial charge on any atom is -0.494 e. The van der Waals surface area contributed by atoms with Gasteiger partial charge in [0.15, 0.2) is 23.0 Å². The summed E-state index contributed by atoms with van der Waals surface area (Å²) in [5, 5.41) is 3.73. The molecule has 27 heavy (non-hydrogen) atoms. The fourth-order valence-electron chi connectivity index (χ4n) is 3.84. The number of methoxy groups -OCH3 is 5. The van der Waals surface area contributed by atoms with Crippen molar-refractivity contribution in [3.8, 4) is 11.5 Å². The van der Waals surface area contributed by atoms with Crippen LogP contribution in [0.5, 0.6) is 11.5 Å². The Balaban J connectivity index is 2.13. The first-order chi connectivity index (χ1) is 13.2. The smallest absolute Gasteiger partial charge is 0.171 e. The number of benzene rings is 1. The Bertz CT molecular complexity index is 1170. The maximum Gasteiger partial charge on any atom is 0.171 e. The first-order valence-corrected chi connectivity index (χ1v) is 8.51. The number of hydrogen-bond donors (Lipinski definition) is 0. The third-order valence-electron chi connectivity index (χ3n) is 5.01. The molecular formula is C21H21NO5. The third-order valence-corrected chi connectivity index (χ3v) is 5.01. The van der Waals surface area contributed by atoms with E-state index in [9.17, 15) is 0 Å². The minimum atomic E-state index is -0.389. The van der Waals surface area contributed by atoms with Crippen molar-refractivity contribution in [3.05, 3.63) is 62.0 Å². The summed E-state index contributed by atoms with van der Waals surface area (Å²) in [6.45, 7) is 0. The zero-order valence-corrected chi connectivity index (χ0v) is 16.0. The summed E-state index contributed by atoms with van der Waals surface area (Å²) in [4.78, 5) is 4.71. The normalized spacial score (nSPS) is 16.6. The van der Waals surface area contributed by atoms with Gasteiger partial charge in [-0.3, -0.25) is 4.98 Å². The molecule has 4 rings (SSSR count). The summed E-state index contributed by atoms with van der Waals surface area (Å²) in [5.74, 6) is 2.61. The van der Waals surface area contributed by atoms with Gasteiger partial charge in [0.25, 0.3) is 0 Å². The minimum absolute atomic E-state index is 0.389. The van der Waals surface area contributed by atoms with Crippen LogP contribution in [-0.4, -0.2) is 40.5 Å². The summed E-state index contributed by atoms with van der Waals surface area (Å²) >= 11 is 0. The van der Waals surface area contributed by atoms with Crippen LogP contribution in [0, 0.1) is 10.6 Å². The van der Waals surface area contributed by atoms with Gasteiger partial charge in [-0.05, 0) is 23.4 Å². The maximum absolute atomic E-state index is 5.79. The van der Waals surface area contributed by atoms with Crippen LogP contribution < -0.4 is 19.9 Å². The predicted molar refractivity (Wildman–Crippen MR) is 99.5 cm³/mol. The van der Waals surface area contributed by atoms with Crippen LogP contribution in [0.15, 0.2) is 29.8 Å². The van der Waals surface area contributed by atoms with E-state index in [1.54, 1.807) is 35.5 Å². The number of fused-ring (bicyclic) bond motifs is 4. The van der Waals surface area contributed by atoms with Crippen molar-refractivity contribution < 1.29 is 23.7 Å². The molecule has 0 aliphatic heterocycles. The van der Waals surface area contributed by atoms with E-state index < -0.39 is 0 Å². The Morgan fingerprint density at radius 2 is 1.67 bits per heavy atom. The standard InChI is InChI=1S/C21H21NO5/c1-23-14-7-6-11-8-13-16-12(10-22-18(13)17(11)19(14)25-3)9-15(24-2)20(26-4)21(16)27-5/h6-10,21H,1-5H3. The topological polar surface area (TPSA) is 59.0 Å². The molecule has 6 nitrogen and oxygen atoms in total. The molecule has 1 aromatic heterocycles. The number of allylic oxidation sites excluding steroid dienone is 1. The Morgan fingerprint density at radius 3 is 2.30 bits per heavy atom. The summed E-state index contributed by atoms with van der Waals surface area (Å²) in [6, 6.07) is 3.91. The van der Waals surface area contributed by atoms with E-state index in [1.807, 2.05) is 24.4 Å². The average molecular weight is 367 g/mol. The maximum atomic E-state index is 5.79. The highest BCUT2D eigenvalue weighted by molar-refractivity contribution is 5.65. The third kappa shape index (κ3) is 2.40. The zero-order chi connectivity index (χ0) is 19.1. The van der Waals surface area contributed by atoms with Gasteiger partial charge in [-0.2, -0.15) is 0 Å². The average Bonchev–Trinajstić information content (AvgIpc) is 3.09. The highest BCUT2D eigenvalue weighted by atomic mass is 16.5. The van der Waals surface area contributed by atoms with Crippen molar-refractivity contribution in [2.24, 2.45) is 0 Å². The van der Waals surface area contributed by atoms with E-state index in [-0.39, 0.29) is 6.10 Å². The molecule has 2 aliphatic rings. The van der Waals surface area contributed by atoms with Gasteiger partial charge in [-0.15, -0.1) is 0 Å². The SMILES string of the molecule is COC1=C(OC)C(OC)c2c3c(ncc2=C1)=c1c(OC)c(OC)ccc1=C3. The molecule has 0 saturated heterocycles. The molecule has 1 unspecified atom stereocenters. The molecule has 0 bridgehead atoms. The van der Waals surface area contributed by atoms with Gasteiger partial charge in [-0.1, -0.05) is 6.07 Å². The number of rotatable bonds is 5. The molecule has 0 spiro atoms. The fraction of sp³-hybridized carbons (Fsp3) is 0.286. The molecule has 0 amide bonds.